The monoisotopic (exact) mass is 376 g/mol. The van der Waals surface area contributed by atoms with Crippen LogP contribution in [-0.2, 0) is 9.59 Å². The van der Waals surface area contributed by atoms with Gasteiger partial charge in [-0.15, -0.1) is 12.3 Å². The zero-order chi connectivity index (χ0) is 20.2. The fourth-order valence-electron chi connectivity index (χ4n) is 2.59. The fourth-order valence-corrected chi connectivity index (χ4v) is 2.59. The Labute approximate surface area is 161 Å². The van der Waals surface area contributed by atoms with Crippen LogP contribution < -0.4 is 10.1 Å². The summed E-state index contributed by atoms with van der Waals surface area (Å²) >= 11 is 0. The van der Waals surface area contributed by atoms with E-state index >= 15 is 0 Å². The number of hydrogen-bond donors (Lipinski definition) is 1. The molecule has 0 fully saturated rings. The molecule has 2 amide bonds. The molecule has 0 heterocycles. The molecule has 0 saturated carbocycles. The van der Waals surface area contributed by atoms with Gasteiger partial charge in [0.05, 0.1) is 6.61 Å². The van der Waals surface area contributed by atoms with Crippen molar-refractivity contribution in [3.05, 3.63) is 29.6 Å². The number of hydrogen-bond acceptors (Lipinski definition) is 3. The predicted molar refractivity (Wildman–Crippen MR) is 104 cm³/mol. The van der Waals surface area contributed by atoms with E-state index in [2.05, 4.69) is 11.2 Å². The number of carbonyl (C=O) groups excluding carboxylic acids is 2. The minimum atomic E-state index is -0.652. The highest BCUT2D eigenvalue weighted by atomic mass is 19.1. The second kappa shape index (κ2) is 11.9. The first-order chi connectivity index (χ1) is 12.9. The van der Waals surface area contributed by atoms with Gasteiger partial charge in [-0.05, 0) is 43.9 Å². The SMILES string of the molecule is C#CCC(C(=O)NCCC)N(C)C(=O)CCCCOc1cc(C)cc(F)c1. The molecule has 0 aromatic heterocycles. The maximum Gasteiger partial charge on any atom is 0.243 e. The standard InChI is InChI=1S/C21H29FN2O3/c1-5-9-19(21(26)23-11-6-2)24(4)20(25)10-7-8-12-27-18-14-16(3)13-17(22)15-18/h1,13-15,19H,6-12H2,2-4H3,(H,23,26). The summed E-state index contributed by atoms with van der Waals surface area (Å²) in [5.74, 6) is 2.25. The van der Waals surface area contributed by atoms with Gasteiger partial charge in [-0.1, -0.05) is 6.92 Å². The third-order valence-corrected chi connectivity index (χ3v) is 4.09. The lowest BCUT2D eigenvalue weighted by atomic mass is 10.1. The van der Waals surface area contributed by atoms with Gasteiger partial charge in [-0.3, -0.25) is 9.59 Å². The maximum atomic E-state index is 13.3. The van der Waals surface area contributed by atoms with Crippen LogP contribution in [0.1, 0.15) is 44.6 Å². The third kappa shape index (κ3) is 8.12. The Hall–Kier alpha value is -2.55. The third-order valence-electron chi connectivity index (χ3n) is 4.09. The van der Waals surface area contributed by atoms with Crippen molar-refractivity contribution in [2.75, 3.05) is 20.2 Å². The van der Waals surface area contributed by atoms with Crippen LogP contribution in [0.3, 0.4) is 0 Å². The Balaban J connectivity index is 2.40. The van der Waals surface area contributed by atoms with Crippen LogP contribution in [0.4, 0.5) is 4.39 Å². The molecule has 1 aromatic rings. The van der Waals surface area contributed by atoms with Crippen molar-refractivity contribution in [1.29, 1.82) is 0 Å². The van der Waals surface area contributed by atoms with Gasteiger partial charge in [-0.2, -0.15) is 0 Å². The fraction of sp³-hybridized carbons (Fsp3) is 0.524. The van der Waals surface area contributed by atoms with Gasteiger partial charge in [0.15, 0.2) is 0 Å². The van der Waals surface area contributed by atoms with Gasteiger partial charge in [0, 0.05) is 32.5 Å². The molecule has 0 saturated heterocycles. The molecule has 0 aliphatic rings. The summed E-state index contributed by atoms with van der Waals surface area (Å²) in [6, 6.07) is 3.89. The summed E-state index contributed by atoms with van der Waals surface area (Å²) in [7, 11) is 1.60. The number of halogens is 1. The lowest BCUT2D eigenvalue weighted by Crippen LogP contribution is -2.47. The van der Waals surface area contributed by atoms with E-state index < -0.39 is 6.04 Å². The minimum absolute atomic E-state index is 0.136. The highest BCUT2D eigenvalue weighted by Gasteiger charge is 2.25. The average molecular weight is 376 g/mol. The van der Waals surface area contributed by atoms with Crippen molar-refractivity contribution < 1.29 is 18.7 Å². The second-order valence-electron chi connectivity index (χ2n) is 6.49. The number of likely N-dealkylation sites (N-methyl/N-ethyl adjacent to an activating group) is 1. The van der Waals surface area contributed by atoms with Crippen LogP contribution in [0, 0.1) is 25.1 Å². The Morgan fingerprint density at radius 1 is 1.33 bits per heavy atom. The van der Waals surface area contributed by atoms with Crippen molar-refractivity contribution in [1.82, 2.24) is 10.2 Å². The van der Waals surface area contributed by atoms with Crippen LogP contribution in [0.25, 0.3) is 0 Å². The van der Waals surface area contributed by atoms with Crippen LogP contribution in [-0.4, -0.2) is 43.0 Å². The van der Waals surface area contributed by atoms with E-state index in [9.17, 15) is 14.0 Å². The minimum Gasteiger partial charge on any atom is -0.493 e. The zero-order valence-electron chi connectivity index (χ0n) is 16.4. The first-order valence-corrected chi connectivity index (χ1v) is 9.25. The molecule has 6 heteroatoms. The molecule has 0 aliphatic carbocycles. The van der Waals surface area contributed by atoms with Crippen LogP contribution in [0.2, 0.25) is 0 Å². The van der Waals surface area contributed by atoms with Crippen LogP contribution in [0.5, 0.6) is 5.75 Å². The van der Waals surface area contributed by atoms with Crippen molar-refractivity contribution in [3.63, 3.8) is 0 Å². The molecule has 1 unspecified atom stereocenters. The molecule has 0 spiro atoms. The van der Waals surface area contributed by atoms with E-state index in [-0.39, 0.29) is 24.1 Å². The van der Waals surface area contributed by atoms with Crippen molar-refractivity contribution >= 4 is 11.8 Å². The van der Waals surface area contributed by atoms with Crippen LogP contribution in [0.15, 0.2) is 18.2 Å². The van der Waals surface area contributed by atoms with Gasteiger partial charge in [0.2, 0.25) is 11.8 Å². The van der Waals surface area contributed by atoms with E-state index in [0.29, 0.717) is 38.2 Å². The Kier molecular flexibility index (Phi) is 9.95. The summed E-state index contributed by atoms with van der Waals surface area (Å²) in [5.41, 5.74) is 0.794. The number of nitrogens with zero attached hydrogens (tertiary/aromatic N) is 1. The van der Waals surface area contributed by atoms with E-state index in [0.717, 1.165) is 12.0 Å². The van der Waals surface area contributed by atoms with Crippen LogP contribution >= 0.6 is 0 Å². The summed E-state index contributed by atoms with van der Waals surface area (Å²) < 4.78 is 18.8. The molecule has 0 radical (unpaired) electrons. The Morgan fingerprint density at radius 2 is 2.07 bits per heavy atom. The lowest BCUT2D eigenvalue weighted by molar-refractivity contribution is -0.138. The number of carbonyl (C=O) groups is 2. The molecule has 148 valence electrons. The van der Waals surface area contributed by atoms with Gasteiger partial charge >= 0.3 is 0 Å². The first-order valence-electron chi connectivity index (χ1n) is 9.25. The summed E-state index contributed by atoms with van der Waals surface area (Å²) in [4.78, 5) is 25.9. The molecule has 27 heavy (non-hydrogen) atoms. The van der Waals surface area contributed by atoms with Crippen molar-refractivity contribution in [2.24, 2.45) is 0 Å². The number of benzene rings is 1. The Bertz CT molecular complexity index is 650. The maximum absolute atomic E-state index is 13.3. The van der Waals surface area contributed by atoms with Gasteiger partial charge in [-0.25, -0.2) is 4.39 Å². The second-order valence-corrected chi connectivity index (χ2v) is 6.49. The van der Waals surface area contributed by atoms with E-state index in [4.69, 9.17) is 11.2 Å². The molecule has 1 N–H and O–H groups in total. The van der Waals surface area contributed by atoms with Crippen molar-refractivity contribution in [2.45, 2.75) is 52.0 Å². The summed E-state index contributed by atoms with van der Waals surface area (Å²) in [6.07, 6.45) is 7.89. The number of rotatable bonds is 11. The molecular formula is C21H29FN2O3. The average Bonchev–Trinajstić information content (AvgIpc) is 2.62. The number of amides is 2. The number of ether oxygens (including phenoxy) is 1. The molecule has 0 bridgehead atoms. The van der Waals surface area contributed by atoms with Gasteiger partial charge < -0.3 is 15.0 Å². The zero-order valence-corrected chi connectivity index (χ0v) is 16.4. The highest BCUT2D eigenvalue weighted by Crippen LogP contribution is 2.16. The molecule has 0 aliphatic heterocycles. The number of terminal acetylenes is 1. The number of nitrogens with one attached hydrogen (secondary N) is 1. The first kappa shape index (κ1) is 22.5. The van der Waals surface area contributed by atoms with E-state index in [1.807, 2.05) is 6.92 Å². The number of aryl methyl sites for hydroxylation is 1. The molecular weight excluding hydrogens is 347 g/mol. The molecule has 1 aromatic carbocycles. The predicted octanol–water partition coefficient (Wildman–Crippen LogP) is 3.06. The van der Waals surface area contributed by atoms with Crippen molar-refractivity contribution in [3.8, 4) is 18.1 Å². The topological polar surface area (TPSA) is 58.6 Å². The summed E-state index contributed by atoms with van der Waals surface area (Å²) in [5, 5.41) is 2.78. The largest absolute Gasteiger partial charge is 0.493 e. The number of unbranched alkanes of at least 4 members (excludes halogenated alkanes) is 1. The highest BCUT2D eigenvalue weighted by molar-refractivity contribution is 5.87. The molecule has 1 rings (SSSR count). The van der Waals surface area contributed by atoms with E-state index in [1.165, 1.54) is 17.0 Å². The normalized spacial score (nSPS) is 11.4. The smallest absolute Gasteiger partial charge is 0.243 e. The summed E-state index contributed by atoms with van der Waals surface area (Å²) in [6.45, 7) is 4.70. The molecule has 5 nitrogen and oxygen atoms in total. The van der Waals surface area contributed by atoms with Gasteiger partial charge in [0.25, 0.3) is 0 Å². The van der Waals surface area contributed by atoms with E-state index in [1.54, 1.807) is 20.0 Å². The Morgan fingerprint density at radius 3 is 2.70 bits per heavy atom. The molecule has 1 atom stereocenters. The lowest BCUT2D eigenvalue weighted by Gasteiger charge is -2.26. The van der Waals surface area contributed by atoms with Gasteiger partial charge in [0.1, 0.15) is 17.6 Å². The quantitative estimate of drug-likeness (QED) is 0.477.